The van der Waals surface area contributed by atoms with Gasteiger partial charge in [0.2, 0.25) is 5.91 Å². The van der Waals surface area contributed by atoms with Gasteiger partial charge in [-0.25, -0.2) is 4.98 Å². The van der Waals surface area contributed by atoms with E-state index in [-0.39, 0.29) is 18.4 Å². The molecule has 8 nitrogen and oxygen atoms in total. The molecule has 0 saturated carbocycles. The Labute approximate surface area is 174 Å². The number of carbonyl (C=O) groups excluding carboxylic acids is 2. The zero-order valence-electron chi connectivity index (χ0n) is 16.8. The monoisotopic (exact) mass is 407 g/mol. The maximum Gasteiger partial charge on any atom is 0.252 e. The maximum absolute atomic E-state index is 12.8. The van der Waals surface area contributed by atoms with Crippen LogP contribution in [0.25, 0.3) is 11.0 Å². The summed E-state index contributed by atoms with van der Waals surface area (Å²) in [5, 5.41) is 2.91. The van der Waals surface area contributed by atoms with Crippen LogP contribution in [0.1, 0.15) is 22.6 Å². The van der Waals surface area contributed by atoms with Crippen molar-refractivity contribution in [3.63, 3.8) is 0 Å². The summed E-state index contributed by atoms with van der Waals surface area (Å²) in [5.41, 5.74) is 2.37. The third-order valence-electron chi connectivity index (χ3n) is 5.18. The number of nitrogens with zero attached hydrogens (tertiary/aromatic N) is 4. The number of benzene rings is 1. The van der Waals surface area contributed by atoms with Crippen LogP contribution in [0.2, 0.25) is 0 Å². The molecule has 1 fully saturated rings. The van der Waals surface area contributed by atoms with Crippen molar-refractivity contribution in [1.82, 2.24) is 24.8 Å². The second-order valence-corrected chi connectivity index (χ2v) is 7.20. The summed E-state index contributed by atoms with van der Waals surface area (Å²) in [5.74, 6) is 0.792. The molecule has 4 rings (SSSR count). The molecule has 3 heterocycles. The average molecular weight is 407 g/mol. The lowest BCUT2D eigenvalue weighted by Crippen LogP contribution is -2.42. The molecular formula is C22H25N5O3. The first-order valence-electron chi connectivity index (χ1n) is 10.2. The summed E-state index contributed by atoms with van der Waals surface area (Å²) in [6.07, 6.45) is 4.57. The van der Waals surface area contributed by atoms with Gasteiger partial charge in [0.15, 0.2) is 0 Å². The number of imidazole rings is 1. The Bertz CT molecular complexity index is 1010. The van der Waals surface area contributed by atoms with Crippen molar-refractivity contribution >= 4 is 22.8 Å². The normalized spacial score (nSPS) is 14.1. The first-order chi connectivity index (χ1) is 14.7. The Kier molecular flexibility index (Phi) is 6.34. The molecule has 156 valence electrons. The third kappa shape index (κ3) is 4.65. The number of carbonyl (C=O) groups is 2. The molecule has 1 aliphatic heterocycles. The van der Waals surface area contributed by atoms with Gasteiger partial charge >= 0.3 is 0 Å². The van der Waals surface area contributed by atoms with Gasteiger partial charge in [0.05, 0.1) is 29.8 Å². The molecule has 0 unspecified atom stereocenters. The number of fused-ring (bicyclic) bond motifs is 1. The maximum atomic E-state index is 12.8. The summed E-state index contributed by atoms with van der Waals surface area (Å²) in [4.78, 5) is 35.5. The van der Waals surface area contributed by atoms with E-state index in [0.717, 1.165) is 23.3 Å². The van der Waals surface area contributed by atoms with Crippen molar-refractivity contribution < 1.29 is 14.3 Å². The molecule has 8 heteroatoms. The summed E-state index contributed by atoms with van der Waals surface area (Å²) in [6, 6.07) is 11.3. The molecule has 0 bridgehead atoms. The van der Waals surface area contributed by atoms with Gasteiger partial charge in [-0.05, 0) is 30.7 Å². The summed E-state index contributed by atoms with van der Waals surface area (Å²) < 4.78 is 7.34. The minimum atomic E-state index is -0.140. The molecule has 0 radical (unpaired) electrons. The van der Waals surface area contributed by atoms with Gasteiger partial charge in [0.1, 0.15) is 12.4 Å². The zero-order chi connectivity index (χ0) is 20.8. The number of ether oxygens (including phenoxy) is 1. The number of aryl methyl sites for hydroxylation is 1. The molecule has 30 heavy (non-hydrogen) atoms. The van der Waals surface area contributed by atoms with E-state index in [0.29, 0.717) is 44.8 Å². The third-order valence-corrected chi connectivity index (χ3v) is 5.18. The minimum absolute atomic E-state index is 0.0765. The number of nitrogens with one attached hydrogen (secondary N) is 1. The van der Waals surface area contributed by atoms with Crippen molar-refractivity contribution in [2.24, 2.45) is 0 Å². The predicted octanol–water partition coefficient (Wildman–Crippen LogP) is 1.65. The topological polar surface area (TPSA) is 89.4 Å². The number of morpholine rings is 1. The van der Waals surface area contributed by atoms with Crippen molar-refractivity contribution in [2.75, 3.05) is 32.8 Å². The SMILES string of the molecule is O=C(NCCCc1nc2ccccc2n1CC(=O)N1CCOCC1)c1cccnc1. The first kappa shape index (κ1) is 20.0. The van der Waals surface area contributed by atoms with Crippen LogP contribution in [0.15, 0.2) is 48.8 Å². The smallest absolute Gasteiger partial charge is 0.252 e. The summed E-state index contributed by atoms with van der Waals surface area (Å²) >= 11 is 0. The molecule has 2 amide bonds. The summed E-state index contributed by atoms with van der Waals surface area (Å²) in [6.45, 7) is 3.20. The largest absolute Gasteiger partial charge is 0.378 e. The van der Waals surface area contributed by atoms with E-state index in [2.05, 4.69) is 10.3 Å². The van der Waals surface area contributed by atoms with Crippen LogP contribution >= 0.6 is 0 Å². The van der Waals surface area contributed by atoms with E-state index in [1.165, 1.54) is 0 Å². The Morgan fingerprint density at radius 2 is 1.93 bits per heavy atom. The molecule has 0 aliphatic carbocycles. The highest BCUT2D eigenvalue weighted by Gasteiger charge is 2.20. The van der Waals surface area contributed by atoms with Crippen LogP contribution in [-0.2, 0) is 22.5 Å². The number of amides is 2. The van der Waals surface area contributed by atoms with E-state index in [9.17, 15) is 9.59 Å². The van der Waals surface area contributed by atoms with Gasteiger partial charge in [-0.2, -0.15) is 0 Å². The Morgan fingerprint density at radius 3 is 2.73 bits per heavy atom. The Hall–Kier alpha value is -3.26. The lowest BCUT2D eigenvalue weighted by Gasteiger charge is -2.27. The van der Waals surface area contributed by atoms with Crippen LogP contribution in [0.3, 0.4) is 0 Å². The number of aromatic nitrogens is 3. The van der Waals surface area contributed by atoms with E-state index in [1.54, 1.807) is 24.5 Å². The van der Waals surface area contributed by atoms with E-state index >= 15 is 0 Å². The first-order valence-corrected chi connectivity index (χ1v) is 10.2. The van der Waals surface area contributed by atoms with Crippen LogP contribution in [0, 0.1) is 0 Å². The zero-order valence-corrected chi connectivity index (χ0v) is 16.8. The fourth-order valence-electron chi connectivity index (χ4n) is 3.59. The molecule has 1 saturated heterocycles. The Balaban J connectivity index is 1.41. The second-order valence-electron chi connectivity index (χ2n) is 7.20. The molecule has 1 aliphatic rings. The molecule has 1 aromatic carbocycles. The number of hydrogen-bond donors (Lipinski definition) is 1. The molecule has 3 aromatic rings. The number of hydrogen-bond acceptors (Lipinski definition) is 5. The average Bonchev–Trinajstić information content (AvgIpc) is 3.15. The lowest BCUT2D eigenvalue weighted by molar-refractivity contribution is -0.135. The van der Waals surface area contributed by atoms with Crippen molar-refractivity contribution in [2.45, 2.75) is 19.4 Å². The lowest BCUT2D eigenvalue weighted by atomic mass is 10.2. The molecule has 2 aromatic heterocycles. The van der Waals surface area contributed by atoms with Crippen molar-refractivity contribution in [3.8, 4) is 0 Å². The molecule has 1 N–H and O–H groups in total. The fraction of sp³-hybridized carbons (Fsp3) is 0.364. The van der Waals surface area contributed by atoms with Crippen LogP contribution < -0.4 is 5.32 Å². The van der Waals surface area contributed by atoms with Gasteiger partial charge in [0.25, 0.3) is 5.91 Å². The van der Waals surface area contributed by atoms with E-state index < -0.39 is 0 Å². The molecule has 0 atom stereocenters. The summed E-state index contributed by atoms with van der Waals surface area (Å²) in [7, 11) is 0. The van der Waals surface area contributed by atoms with Crippen molar-refractivity contribution in [3.05, 3.63) is 60.2 Å². The van der Waals surface area contributed by atoms with Crippen LogP contribution in [0.5, 0.6) is 0 Å². The highest BCUT2D eigenvalue weighted by Crippen LogP contribution is 2.18. The predicted molar refractivity (Wildman–Crippen MR) is 112 cm³/mol. The quantitative estimate of drug-likeness (QED) is 0.602. The highest BCUT2D eigenvalue weighted by molar-refractivity contribution is 5.93. The van der Waals surface area contributed by atoms with Crippen LogP contribution in [-0.4, -0.2) is 64.1 Å². The van der Waals surface area contributed by atoms with Gasteiger partial charge < -0.3 is 19.5 Å². The van der Waals surface area contributed by atoms with Crippen LogP contribution in [0.4, 0.5) is 0 Å². The molecular weight excluding hydrogens is 382 g/mol. The highest BCUT2D eigenvalue weighted by atomic mass is 16.5. The van der Waals surface area contributed by atoms with Gasteiger partial charge in [-0.15, -0.1) is 0 Å². The van der Waals surface area contributed by atoms with Gasteiger partial charge in [0, 0.05) is 38.4 Å². The van der Waals surface area contributed by atoms with Gasteiger partial charge in [-0.3, -0.25) is 14.6 Å². The number of para-hydroxylation sites is 2. The minimum Gasteiger partial charge on any atom is -0.378 e. The van der Waals surface area contributed by atoms with E-state index in [1.807, 2.05) is 33.7 Å². The number of rotatable bonds is 7. The van der Waals surface area contributed by atoms with Crippen molar-refractivity contribution in [1.29, 1.82) is 0 Å². The number of pyridine rings is 1. The second kappa shape index (κ2) is 9.49. The Morgan fingerprint density at radius 1 is 1.10 bits per heavy atom. The van der Waals surface area contributed by atoms with Gasteiger partial charge in [-0.1, -0.05) is 12.1 Å². The standard InChI is InChI=1S/C22H25N5O3/c28-21(26-11-13-30-14-12-26)16-27-19-7-2-1-6-18(19)25-20(27)8-4-10-24-22(29)17-5-3-9-23-15-17/h1-3,5-7,9,15H,4,8,10-14,16H2,(H,24,29). The molecule has 0 spiro atoms. The fourth-order valence-corrected chi connectivity index (χ4v) is 3.59. The van der Waals surface area contributed by atoms with E-state index in [4.69, 9.17) is 9.72 Å².